The molecule has 1 amide bonds. The van der Waals surface area contributed by atoms with Crippen LogP contribution in [0.25, 0.3) is 11.0 Å². The minimum Gasteiger partial charge on any atom is -0.403 e. The van der Waals surface area contributed by atoms with Crippen LogP contribution in [0.1, 0.15) is 15.9 Å². The molecule has 0 saturated carbocycles. The second-order valence-electron chi connectivity index (χ2n) is 5.37. The van der Waals surface area contributed by atoms with Gasteiger partial charge in [-0.25, -0.2) is 9.07 Å². The SMILES string of the molecule is Cn1nnc2cccc(CNC(=O)c3ccc(OC(F)(F)F)c(F)c3)c21. The lowest BCUT2D eigenvalue weighted by Crippen LogP contribution is -2.23. The fourth-order valence-corrected chi connectivity index (χ4v) is 2.46. The number of benzene rings is 2. The lowest BCUT2D eigenvalue weighted by atomic mass is 10.1. The predicted molar refractivity (Wildman–Crippen MR) is 82.8 cm³/mol. The summed E-state index contributed by atoms with van der Waals surface area (Å²) in [4.78, 5) is 12.1. The molecule has 0 aliphatic heterocycles. The van der Waals surface area contributed by atoms with E-state index in [0.717, 1.165) is 23.2 Å². The predicted octanol–water partition coefficient (Wildman–Crippen LogP) is 2.94. The van der Waals surface area contributed by atoms with E-state index in [0.29, 0.717) is 11.6 Å². The minimum absolute atomic E-state index is 0.111. The van der Waals surface area contributed by atoms with E-state index in [2.05, 4.69) is 20.4 Å². The van der Waals surface area contributed by atoms with Crippen molar-refractivity contribution in [3.8, 4) is 5.75 Å². The standard InChI is InChI=1S/C16H12F4N4O2/c1-24-14-10(3-2-4-12(14)22-23-24)8-21-15(25)9-5-6-13(11(17)7-9)26-16(18,19)20/h2-7H,8H2,1H3,(H,21,25). The Morgan fingerprint density at radius 3 is 2.73 bits per heavy atom. The molecule has 3 rings (SSSR count). The second-order valence-corrected chi connectivity index (χ2v) is 5.37. The molecule has 0 aliphatic carbocycles. The van der Waals surface area contributed by atoms with E-state index in [4.69, 9.17) is 0 Å². The zero-order chi connectivity index (χ0) is 18.9. The number of aryl methyl sites for hydroxylation is 1. The number of alkyl halides is 3. The highest BCUT2D eigenvalue weighted by Gasteiger charge is 2.32. The van der Waals surface area contributed by atoms with Crippen LogP contribution in [0.15, 0.2) is 36.4 Å². The Labute approximate surface area is 144 Å². The first kappa shape index (κ1) is 17.6. The van der Waals surface area contributed by atoms with Crippen LogP contribution >= 0.6 is 0 Å². The van der Waals surface area contributed by atoms with E-state index in [1.165, 1.54) is 0 Å². The largest absolute Gasteiger partial charge is 0.573 e. The van der Waals surface area contributed by atoms with Crippen LogP contribution in [0.5, 0.6) is 5.75 Å². The van der Waals surface area contributed by atoms with E-state index in [1.807, 2.05) is 0 Å². The van der Waals surface area contributed by atoms with Gasteiger partial charge in [-0.05, 0) is 29.8 Å². The summed E-state index contributed by atoms with van der Waals surface area (Å²) in [6.45, 7) is 0.111. The van der Waals surface area contributed by atoms with Crippen molar-refractivity contribution < 1.29 is 27.1 Å². The Morgan fingerprint density at radius 2 is 2.04 bits per heavy atom. The second kappa shape index (κ2) is 6.62. The smallest absolute Gasteiger partial charge is 0.403 e. The summed E-state index contributed by atoms with van der Waals surface area (Å²) in [5, 5.41) is 10.4. The van der Waals surface area contributed by atoms with Gasteiger partial charge in [0.15, 0.2) is 11.6 Å². The van der Waals surface area contributed by atoms with Crippen LogP contribution in [0.4, 0.5) is 17.6 Å². The number of aromatic nitrogens is 3. The number of ether oxygens (including phenoxy) is 1. The summed E-state index contributed by atoms with van der Waals surface area (Å²) < 4.78 is 55.2. The molecule has 3 aromatic rings. The molecule has 0 unspecified atom stereocenters. The summed E-state index contributed by atoms with van der Waals surface area (Å²) in [5.41, 5.74) is 1.99. The molecule has 2 aromatic carbocycles. The molecular weight excluding hydrogens is 356 g/mol. The summed E-state index contributed by atoms with van der Waals surface area (Å²) in [6.07, 6.45) is -5.01. The topological polar surface area (TPSA) is 69.0 Å². The number of carbonyl (C=O) groups excluding carboxylic acids is 1. The average molecular weight is 368 g/mol. The van der Waals surface area contributed by atoms with Crippen molar-refractivity contribution >= 4 is 16.9 Å². The Bertz CT molecular complexity index is 969. The molecule has 1 aromatic heterocycles. The maximum Gasteiger partial charge on any atom is 0.573 e. The quantitative estimate of drug-likeness (QED) is 0.719. The van der Waals surface area contributed by atoms with Gasteiger partial charge in [0, 0.05) is 19.2 Å². The van der Waals surface area contributed by atoms with Crippen LogP contribution in [0.3, 0.4) is 0 Å². The number of nitrogens with zero attached hydrogens (tertiary/aromatic N) is 3. The number of carbonyl (C=O) groups is 1. The average Bonchev–Trinajstić information content (AvgIpc) is 2.95. The number of amides is 1. The van der Waals surface area contributed by atoms with Gasteiger partial charge in [0.2, 0.25) is 0 Å². The Hall–Kier alpha value is -3.17. The van der Waals surface area contributed by atoms with Crippen molar-refractivity contribution in [2.75, 3.05) is 0 Å². The molecule has 6 nitrogen and oxygen atoms in total. The monoisotopic (exact) mass is 368 g/mol. The van der Waals surface area contributed by atoms with Crippen molar-refractivity contribution in [3.05, 3.63) is 53.3 Å². The van der Waals surface area contributed by atoms with Crippen LogP contribution in [-0.4, -0.2) is 27.3 Å². The highest BCUT2D eigenvalue weighted by atomic mass is 19.4. The van der Waals surface area contributed by atoms with Crippen molar-refractivity contribution in [2.45, 2.75) is 12.9 Å². The first-order valence-electron chi connectivity index (χ1n) is 7.35. The highest BCUT2D eigenvalue weighted by molar-refractivity contribution is 5.94. The van der Waals surface area contributed by atoms with Crippen molar-refractivity contribution in [1.82, 2.24) is 20.3 Å². The fraction of sp³-hybridized carbons (Fsp3) is 0.188. The molecule has 0 bridgehead atoms. The number of fused-ring (bicyclic) bond motifs is 1. The summed E-state index contributed by atoms with van der Waals surface area (Å²) in [6, 6.07) is 7.77. The molecule has 136 valence electrons. The number of hydrogen-bond acceptors (Lipinski definition) is 4. The maximum absolute atomic E-state index is 13.7. The van der Waals surface area contributed by atoms with Gasteiger partial charge in [0.25, 0.3) is 5.91 Å². The van der Waals surface area contributed by atoms with E-state index in [1.54, 1.807) is 29.9 Å². The van der Waals surface area contributed by atoms with Gasteiger partial charge in [0.1, 0.15) is 5.52 Å². The molecule has 1 heterocycles. The van der Waals surface area contributed by atoms with Gasteiger partial charge in [-0.2, -0.15) is 0 Å². The summed E-state index contributed by atoms with van der Waals surface area (Å²) >= 11 is 0. The Kier molecular flexibility index (Phi) is 4.49. The summed E-state index contributed by atoms with van der Waals surface area (Å²) in [5.74, 6) is -2.93. The van der Waals surface area contributed by atoms with Crippen LogP contribution in [-0.2, 0) is 13.6 Å². The van der Waals surface area contributed by atoms with Crippen molar-refractivity contribution in [1.29, 1.82) is 0 Å². The van der Waals surface area contributed by atoms with Crippen LogP contribution in [0, 0.1) is 5.82 Å². The van der Waals surface area contributed by atoms with Gasteiger partial charge < -0.3 is 10.1 Å². The zero-order valence-electron chi connectivity index (χ0n) is 13.3. The van der Waals surface area contributed by atoms with Gasteiger partial charge >= 0.3 is 6.36 Å². The van der Waals surface area contributed by atoms with Crippen LogP contribution < -0.4 is 10.1 Å². The number of para-hydroxylation sites is 1. The van der Waals surface area contributed by atoms with Gasteiger partial charge in [-0.15, -0.1) is 18.3 Å². The Balaban J connectivity index is 1.74. The first-order chi connectivity index (χ1) is 12.2. The molecule has 0 spiro atoms. The lowest BCUT2D eigenvalue weighted by Gasteiger charge is -2.11. The number of nitrogens with one attached hydrogen (secondary N) is 1. The van der Waals surface area contributed by atoms with E-state index in [9.17, 15) is 22.4 Å². The van der Waals surface area contributed by atoms with Gasteiger partial charge in [-0.3, -0.25) is 4.79 Å². The van der Waals surface area contributed by atoms with E-state index < -0.39 is 23.8 Å². The molecule has 0 saturated heterocycles. The molecule has 0 fully saturated rings. The van der Waals surface area contributed by atoms with E-state index >= 15 is 0 Å². The molecule has 0 atom stereocenters. The van der Waals surface area contributed by atoms with Crippen molar-refractivity contribution in [2.24, 2.45) is 7.05 Å². The number of hydrogen-bond donors (Lipinski definition) is 1. The first-order valence-corrected chi connectivity index (χ1v) is 7.35. The highest BCUT2D eigenvalue weighted by Crippen LogP contribution is 2.26. The maximum atomic E-state index is 13.7. The number of rotatable bonds is 4. The molecule has 10 heteroatoms. The van der Waals surface area contributed by atoms with Crippen molar-refractivity contribution in [3.63, 3.8) is 0 Å². The fourth-order valence-electron chi connectivity index (χ4n) is 2.46. The lowest BCUT2D eigenvalue weighted by molar-refractivity contribution is -0.275. The summed E-state index contributed by atoms with van der Waals surface area (Å²) in [7, 11) is 1.70. The van der Waals surface area contributed by atoms with Gasteiger partial charge in [0.05, 0.1) is 5.52 Å². The van der Waals surface area contributed by atoms with Crippen LogP contribution in [0.2, 0.25) is 0 Å². The molecular formula is C16H12F4N4O2. The third-order valence-corrected chi connectivity index (χ3v) is 3.57. The third-order valence-electron chi connectivity index (χ3n) is 3.57. The molecule has 26 heavy (non-hydrogen) atoms. The molecule has 1 N–H and O–H groups in total. The molecule has 0 aliphatic rings. The minimum atomic E-state index is -5.01. The zero-order valence-corrected chi connectivity index (χ0v) is 13.3. The normalized spacial score (nSPS) is 11.6. The Morgan fingerprint density at radius 1 is 1.27 bits per heavy atom. The van der Waals surface area contributed by atoms with Gasteiger partial charge in [-0.1, -0.05) is 17.3 Å². The number of halogens is 4. The third kappa shape index (κ3) is 3.73. The van der Waals surface area contributed by atoms with E-state index in [-0.39, 0.29) is 12.1 Å². The molecule has 0 radical (unpaired) electrons.